The summed E-state index contributed by atoms with van der Waals surface area (Å²) in [7, 11) is 3.14. The summed E-state index contributed by atoms with van der Waals surface area (Å²) in [6.45, 7) is 1.46. The number of hydrogen-bond acceptors (Lipinski definition) is 6. The van der Waals surface area contributed by atoms with E-state index in [0.717, 1.165) is 0 Å². The van der Waals surface area contributed by atoms with Crippen molar-refractivity contribution in [1.82, 2.24) is 5.43 Å². The fraction of sp³-hybridized carbons (Fsp3) is 0.250. The summed E-state index contributed by atoms with van der Waals surface area (Å²) in [6.07, 6.45) is 0.0473. The summed E-state index contributed by atoms with van der Waals surface area (Å²) < 4.78 is 15.5. The predicted octanol–water partition coefficient (Wildman–Crippen LogP) is 2.60. The Bertz CT molecular complexity index is 817. The Morgan fingerprint density at radius 3 is 1.96 bits per heavy atom. The third-order valence-corrected chi connectivity index (χ3v) is 3.59. The van der Waals surface area contributed by atoms with Crippen LogP contribution < -0.4 is 25.0 Å². The van der Waals surface area contributed by atoms with E-state index in [1.54, 1.807) is 69.7 Å². The van der Waals surface area contributed by atoms with E-state index in [9.17, 15) is 9.59 Å². The zero-order chi connectivity index (χ0) is 20.4. The van der Waals surface area contributed by atoms with Gasteiger partial charge in [-0.15, -0.1) is 0 Å². The van der Waals surface area contributed by atoms with E-state index in [-0.39, 0.29) is 18.9 Å². The molecular weight excluding hydrogens is 362 g/mol. The number of nitrogens with zero attached hydrogens (tertiary/aromatic N) is 1. The number of hydrogen-bond donors (Lipinski definition) is 2. The molecule has 2 aromatic rings. The lowest BCUT2D eigenvalue weighted by Gasteiger charge is -2.07. The maximum absolute atomic E-state index is 12.0. The number of rotatable bonds is 9. The largest absolute Gasteiger partial charge is 0.497 e. The topological polar surface area (TPSA) is 98.2 Å². The first-order valence-electron chi connectivity index (χ1n) is 8.53. The summed E-state index contributed by atoms with van der Waals surface area (Å²) in [5.41, 5.74) is 3.47. The molecule has 0 saturated carbocycles. The molecular formula is C20H23N3O5. The summed E-state index contributed by atoms with van der Waals surface area (Å²) in [6, 6.07) is 13.8. The van der Waals surface area contributed by atoms with Crippen LogP contribution in [-0.2, 0) is 9.59 Å². The van der Waals surface area contributed by atoms with E-state index in [4.69, 9.17) is 14.2 Å². The van der Waals surface area contributed by atoms with E-state index in [2.05, 4.69) is 15.8 Å². The lowest BCUT2D eigenvalue weighted by molar-refractivity contribution is -0.123. The van der Waals surface area contributed by atoms with Crippen LogP contribution in [0, 0.1) is 0 Å². The van der Waals surface area contributed by atoms with Gasteiger partial charge in [0.05, 0.1) is 20.6 Å². The maximum Gasteiger partial charge on any atom is 0.277 e. The lowest BCUT2D eigenvalue weighted by Crippen LogP contribution is -2.26. The molecule has 0 spiro atoms. The molecule has 0 aromatic heterocycles. The summed E-state index contributed by atoms with van der Waals surface area (Å²) in [5, 5.41) is 6.65. The molecule has 0 unspecified atom stereocenters. The number of methoxy groups -OCH3 is 2. The minimum absolute atomic E-state index is 0.0473. The van der Waals surface area contributed by atoms with Crippen molar-refractivity contribution in [3.63, 3.8) is 0 Å². The fourth-order valence-electron chi connectivity index (χ4n) is 2.16. The van der Waals surface area contributed by atoms with Crippen LogP contribution in [0.15, 0.2) is 53.6 Å². The van der Waals surface area contributed by atoms with Crippen LogP contribution in [0.4, 0.5) is 5.69 Å². The van der Waals surface area contributed by atoms with E-state index >= 15 is 0 Å². The zero-order valence-corrected chi connectivity index (χ0v) is 16.0. The number of anilines is 1. The van der Waals surface area contributed by atoms with Gasteiger partial charge in [0.1, 0.15) is 17.2 Å². The first kappa shape index (κ1) is 20.8. The van der Waals surface area contributed by atoms with Crippen LogP contribution in [0.3, 0.4) is 0 Å². The number of amides is 2. The fourth-order valence-corrected chi connectivity index (χ4v) is 2.16. The Labute approximate surface area is 163 Å². The second kappa shape index (κ2) is 10.6. The zero-order valence-electron chi connectivity index (χ0n) is 16.0. The number of benzene rings is 2. The number of ether oxygens (including phenoxy) is 3. The highest BCUT2D eigenvalue weighted by Crippen LogP contribution is 2.17. The summed E-state index contributed by atoms with van der Waals surface area (Å²) in [5.74, 6) is 1.27. The standard InChI is InChI=1S/C20H23N3O5/c1-14(12-19(24)21-15-4-6-16(26-2)7-5-15)22-23-20(25)13-28-18-10-8-17(27-3)9-11-18/h4-11H,12-13H2,1-3H3,(H,21,24)(H,23,25)/b22-14-. The molecule has 2 aromatic carbocycles. The van der Waals surface area contributed by atoms with Crippen molar-refractivity contribution in [1.29, 1.82) is 0 Å². The number of nitrogens with one attached hydrogen (secondary N) is 2. The average Bonchev–Trinajstić information content (AvgIpc) is 2.71. The van der Waals surface area contributed by atoms with Gasteiger partial charge in [-0.25, -0.2) is 5.43 Å². The van der Waals surface area contributed by atoms with Crippen LogP contribution in [0.25, 0.3) is 0 Å². The molecule has 2 amide bonds. The highest BCUT2D eigenvalue weighted by molar-refractivity contribution is 6.05. The van der Waals surface area contributed by atoms with E-state index < -0.39 is 5.91 Å². The first-order valence-corrected chi connectivity index (χ1v) is 8.53. The molecule has 0 heterocycles. The predicted molar refractivity (Wildman–Crippen MR) is 106 cm³/mol. The van der Waals surface area contributed by atoms with Gasteiger partial charge in [-0.05, 0) is 55.5 Å². The Hall–Kier alpha value is -3.55. The second-order valence-electron chi connectivity index (χ2n) is 5.80. The van der Waals surface area contributed by atoms with Crippen molar-refractivity contribution < 1.29 is 23.8 Å². The van der Waals surface area contributed by atoms with Gasteiger partial charge in [-0.1, -0.05) is 0 Å². The van der Waals surface area contributed by atoms with Gasteiger partial charge in [-0.2, -0.15) is 5.10 Å². The molecule has 8 nitrogen and oxygen atoms in total. The van der Waals surface area contributed by atoms with Crippen molar-refractivity contribution in [2.75, 3.05) is 26.1 Å². The van der Waals surface area contributed by atoms with Crippen molar-refractivity contribution >= 4 is 23.2 Å². The third-order valence-electron chi connectivity index (χ3n) is 3.59. The molecule has 0 radical (unpaired) electrons. The minimum Gasteiger partial charge on any atom is -0.497 e. The van der Waals surface area contributed by atoms with E-state index in [1.807, 2.05) is 0 Å². The van der Waals surface area contributed by atoms with Crippen LogP contribution in [0.5, 0.6) is 17.2 Å². The van der Waals surface area contributed by atoms with Crippen molar-refractivity contribution in [2.45, 2.75) is 13.3 Å². The highest BCUT2D eigenvalue weighted by atomic mass is 16.5. The molecule has 0 bridgehead atoms. The van der Waals surface area contributed by atoms with Crippen molar-refractivity contribution in [2.24, 2.45) is 5.10 Å². The van der Waals surface area contributed by atoms with Crippen LogP contribution >= 0.6 is 0 Å². The quantitative estimate of drug-likeness (QED) is 0.511. The van der Waals surface area contributed by atoms with Crippen LogP contribution in [-0.4, -0.2) is 38.4 Å². The second-order valence-corrected chi connectivity index (χ2v) is 5.80. The number of carbonyl (C=O) groups is 2. The van der Waals surface area contributed by atoms with Gasteiger partial charge in [0.2, 0.25) is 5.91 Å². The molecule has 0 fully saturated rings. The monoisotopic (exact) mass is 385 g/mol. The normalized spacial score (nSPS) is 10.8. The van der Waals surface area contributed by atoms with Crippen molar-refractivity contribution in [3.8, 4) is 17.2 Å². The average molecular weight is 385 g/mol. The Morgan fingerprint density at radius 1 is 0.857 bits per heavy atom. The maximum atomic E-state index is 12.0. The summed E-state index contributed by atoms with van der Waals surface area (Å²) >= 11 is 0. The third kappa shape index (κ3) is 6.99. The number of hydrazone groups is 1. The molecule has 28 heavy (non-hydrogen) atoms. The molecule has 0 aliphatic carbocycles. The highest BCUT2D eigenvalue weighted by Gasteiger charge is 2.07. The number of carbonyl (C=O) groups excluding carboxylic acids is 2. The Balaban J connectivity index is 1.73. The molecule has 2 N–H and O–H groups in total. The molecule has 148 valence electrons. The van der Waals surface area contributed by atoms with Gasteiger partial charge in [-0.3, -0.25) is 9.59 Å². The molecule has 0 aliphatic rings. The lowest BCUT2D eigenvalue weighted by atomic mass is 10.2. The smallest absolute Gasteiger partial charge is 0.277 e. The minimum atomic E-state index is -0.425. The summed E-state index contributed by atoms with van der Waals surface area (Å²) in [4.78, 5) is 23.8. The van der Waals surface area contributed by atoms with E-state index in [0.29, 0.717) is 28.6 Å². The van der Waals surface area contributed by atoms with Gasteiger partial charge < -0.3 is 19.5 Å². The Kier molecular flexibility index (Phi) is 7.83. The molecule has 0 atom stereocenters. The molecule has 0 aliphatic heterocycles. The van der Waals surface area contributed by atoms with Gasteiger partial charge in [0.15, 0.2) is 6.61 Å². The van der Waals surface area contributed by atoms with Gasteiger partial charge >= 0.3 is 0 Å². The van der Waals surface area contributed by atoms with E-state index in [1.165, 1.54) is 0 Å². The first-order chi connectivity index (χ1) is 13.5. The molecule has 2 rings (SSSR count). The van der Waals surface area contributed by atoms with Crippen molar-refractivity contribution in [3.05, 3.63) is 48.5 Å². The Morgan fingerprint density at radius 2 is 1.39 bits per heavy atom. The van der Waals surface area contributed by atoms with Gasteiger partial charge in [0.25, 0.3) is 5.91 Å². The molecule has 8 heteroatoms. The molecule has 0 saturated heterocycles. The SMILES string of the molecule is COc1ccc(NC(=O)C/C(C)=N\NC(=O)COc2ccc(OC)cc2)cc1. The van der Waals surface area contributed by atoms with Crippen LogP contribution in [0.1, 0.15) is 13.3 Å². The van der Waals surface area contributed by atoms with Crippen LogP contribution in [0.2, 0.25) is 0 Å². The van der Waals surface area contributed by atoms with Gasteiger partial charge in [0, 0.05) is 11.4 Å².